The minimum absolute atomic E-state index is 0.232. The second-order valence-corrected chi connectivity index (χ2v) is 4.78. The lowest BCUT2D eigenvalue weighted by atomic mass is 9.91. The highest BCUT2D eigenvalue weighted by Gasteiger charge is 2.75. The second kappa shape index (κ2) is 2.48. The molecule has 0 saturated heterocycles. The maximum Gasteiger partial charge on any atom is 0.153 e. The first-order chi connectivity index (χ1) is 6.80. The van der Waals surface area contributed by atoms with E-state index in [0.717, 1.165) is 19.3 Å². The molecule has 0 radical (unpaired) electrons. The zero-order chi connectivity index (χ0) is 9.76. The fourth-order valence-corrected chi connectivity index (χ4v) is 3.64. The Hall–Kier alpha value is -1.10. The van der Waals surface area contributed by atoms with E-state index in [9.17, 15) is 10.1 Å². The van der Waals surface area contributed by atoms with Gasteiger partial charge in [-0.2, -0.15) is 5.26 Å². The van der Waals surface area contributed by atoms with Crippen molar-refractivity contribution >= 4 is 5.78 Å². The topological polar surface area (TPSA) is 40.9 Å². The Kier molecular flexibility index (Phi) is 1.45. The standard InChI is InChI=1S/C12H13NO/c13-7-12-9-5-3-1-2-4-8(11(9)12)6-10(12)14/h1-2,8-9,11H,3-6H2/b2-1+. The quantitative estimate of drug-likeness (QED) is 0.545. The monoisotopic (exact) mass is 187 g/mol. The highest BCUT2D eigenvalue weighted by molar-refractivity contribution is 5.94. The summed E-state index contributed by atoms with van der Waals surface area (Å²) in [7, 11) is 0. The number of nitrogens with zero attached hydrogens (tertiary/aromatic N) is 1. The van der Waals surface area contributed by atoms with Crippen molar-refractivity contribution in [1.82, 2.24) is 0 Å². The summed E-state index contributed by atoms with van der Waals surface area (Å²) in [6, 6.07) is 2.31. The Morgan fingerprint density at radius 2 is 2.36 bits per heavy atom. The summed E-state index contributed by atoms with van der Waals surface area (Å²) < 4.78 is 0. The van der Waals surface area contributed by atoms with Gasteiger partial charge in [0, 0.05) is 6.42 Å². The number of carbonyl (C=O) groups excluding carboxylic acids is 1. The maximum atomic E-state index is 11.8. The number of rotatable bonds is 0. The van der Waals surface area contributed by atoms with Crippen molar-refractivity contribution in [1.29, 1.82) is 5.26 Å². The summed E-state index contributed by atoms with van der Waals surface area (Å²) in [4.78, 5) is 11.8. The van der Waals surface area contributed by atoms with Crippen LogP contribution in [0.5, 0.6) is 0 Å². The number of carbonyl (C=O) groups is 1. The average Bonchev–Trinajstić information content (AvgIpc) is 2.71. The largest absolute Gasteiger partial charge is 0.298 e. The molecule has 0 spiro atoms. The molecule has 3 rings (SSSR count). The molecule has 3 aliphatic carbocycles. The molecular formula is C12H13NO. The molecule has 0 aromatic carbocycles. The van der Waals surface area contributed by atoms with E-state index in [2.05, 4.69) is 18.2 Å². The number of ketones is 1. The number of hydrogen-bond acceptors (Lipinski definition) is 2. The van der Waals surface area contributed by atoms with Crippen molar-refractivity contribution < 1.29 is 4.79 Å². The predicted octanol–water partition coefficient (Wildman–Crippen LogP) is 2.07. The molecule has 4 unspecified atom stereocenters. The molecule has 0 aromatic rings. The van der Waals surface area contributed by atoms with Gasteiger partial charge in [-0.05, 0) is 37.0 Å². The first-order valence-corrected chi connectivity index (χ1v) is 5.40. The van der Waals surface area contributed by atoms with Gasteiger partial charge in [0.25, 0.3) is 0 Å². The Bertz CT molecular complexity index is 365. The molecule has 14 heavy (non-hydrogen) atoms. The SMILES string of the molecule is N#CC12C(=O)CC3C/C=C/CCC1C32. The van der Waals surface area contributed by atoms with Crippen LogP contribution < -0.4 is 0 Å². The van der Waals surface area contributed by atoms with Crippen LogP contribution in [0.4, 0.5) is 0 Å². The van der Waals surface area contributed by atoms with Gasteiger partial charge in [-0.3, -0.25) is 4.79 Å². The highest BCUT2D eigenvalue weighted by atomic mass is 16.1. The third-order valence-corrected chi connectivity index (χ3v) is 4.29. The first-order valence-electron chi connectivity index (χ1n) is 5.40. The Labute approximate surface area is 83.6 Å². The summed E-state index contributed by atoms with van der Waals surface area (Å²) in [5.41, 5.74) is -0.531. The summed E-state index contributed by atoms with van der Waals surface area (Å²) in [6.45, 7) is 0. The lowest BCUT2D eigenvalue weighted by molar-refractivity contribution is -0.121. The lowest BCUT2D eigenvalue weighted by Gasteiger charge is -2.12. The molecule has 3 aliphatic rings. The van der Waals surface area contributed by atoms with Gasteiger partial charge in [0.05, 0.1) is 6.07 Å². The molecule has 0 aliphatic heterocycles. The fraction of sp³-hybridized carbons (Fsp3) is 0.667. The van der Waals surface area contributed by atoms with Crippen LogP contribution in [0.1, 0.15) is 25.7 Å². The molecular weight excluding hydrogens is 174 g/mol. The van der Waals surface area contributed by atoms with Crippen molar-refractivity contribution in [3.63, 3.8) is 0 Å². The van der Waals surface area contributed by atoms with Gasteiger partial charge in [-0.25, -0.2) is 0 Å². The van der Waals surface area contributed by atoms with E-state index in [-0.39, 0.29) is 5.78 Å². The molecule has 0 aromatic heterocycles. The predicted molar refractivity (Wildman–Crippen MR) is 51.1 cm³/mol. The molecule has 2 fully saturated rings. The van der Waals surface area contributed by atoms with Crippen molar-refractivity contribution in [3.05, 3.63) is 12.2 Å². The van der Waals surface area contributed by atoms with E-state index in [1.54, 1.807) is 0 Å². The van der Waals surface area contributed by atoms with Gasteiger partial charge >= 0.3 is 0 Å². The molecule has 2 saturated carbocycles. The lowest BCUT2D eigenvalue weighted by Crippen LogP contribution is -2.14. The van der Waals surface area contributed by atoms with Gasteiger partial charge in [-0.1, -0.05) is 12.2 Å². The number of fused-ring (bicyclic) bond motifs is 1. The van der Waals surface area contributed by atoms with Crippen LogP contribution in [0.2, 0.25) is 0 Å². The molecule has 0 heterocycles. The third-order valence-electron chi connectivity index (χ3n) is 4.29. The van der Waals surface area contributed by atoms with Gasteiger partial charge in [-0.15, -0.1) is 0 Å². The minimum atomic E-state index is -0.531. The third kappa shape index (κ3) is 0.744. The van der Waals surface area contributed by atoms with Crippen LogP contribution in [-0.2, 0) is 4.79 Å². The molecule has 72 valence electrons. The van der Waals surface area contributed by atoms with E-state index < -0.39 is 5.41 Å². The van der Waals surface area contributed by atoms with E-state index in [1.165, 1.54) is 0 Å². The number of nitriles is 1. The van der Waals surface area contributed by atoms with Gasteiger partial charge in [0.1, 0.15) is 5.41 Å². The van der Waals surface area contributed by atoms with Crippen LogP contribution in [0.3, 0.4) is 0 Å². The smallest absolute Gasteiger partial charge is 0.153 e. The first kappa shape index (κ1) is 8.23. The molecule has 0 N–H and O–H groups in total. The summed E-state index contributed by atoms with van der Waals surface area (Å²) in [5, 5.41) is 9.18. The van der Waals surface area contributed by atoms with Crippen LogP contribution in [0.15, 0.2) is 12.2 Å². The molecule has 2 heteroatoms. The molecule has 4 atom stereocenters. The maximum absolute atomic E-state index is 11.8. The van der Waals surface area contributed by atoms with Gasteiger partial charge < -0.3 is 0 Å². The Morgan fingerprint density at radius 3 is 3.14 bits per heavy atom. The fourth-order valence-electron chi connectivity index (χ4n) is 3.64. The van der Waals surface area contributed by atoms with Crippen LogP contribution in [0, 0.1) is 34.5 Å². The summed E-state index contributed by atoms with van der Waals surface area (Å²) in [6.07, 6.45) is 8.15. The Morgan fingerprint density at radius 1 is 1.50 bits per heavy atom. The van der Waals surface area contributed by atoms with E-state index in [4.69, 9.17) is 0 Å². The van der Waals surface area contributed by atoms with Crippen LogP contribution >= 0.6 is 0 Å². The zero-order valence-electron chi connectivity index (χ0n) is 8.07. The number of Topliss-reactive ketones (excluding diaryl/α,β-unsaturated/α-hetero) is 1. The molecule has 0 amide bonds. The minimum Gasteiger partial charge on any atom is -0.298 e. The van der Waals surface area contributed by atoms with Gasteiger partial charge in [0.2, 0.25) is 0 Å². The molecule has 0 bridgehead atoms. The van der Waals surface area contributed by atoms with Crippen LogP contribution in [-0.4, -0.2) is 5.78 Å². The summed E-state index contributed by atoms with van der Waals surface area (Å²) in [5.74, 6) is 1.51. The van der Waals surface area contributed by atoms with E-state index in [1.807, 2.05) is 0 Å². The van der Waals surface area contributed by atoms with Crippen LogP contribution in [0.25, 0.3) is 0 Å². The normalized spacial score (nSPS) is 51.4. The van der Waals surface area contributed by atoms with E-state index >= 15 is 0 Å². The second-order valence-electron chi connectivity index (χ2n) is 4.78. The number of hydrogen-bond donors (Lipinski definition) is 0. The van der Waals surface area contributed by atoms with Crippen molar-refractivity contribution in [2.75, 3.05) is 0 Å². The van der Waals surface area contributed by atoms with Crippen molar-refractivity contribution in [2.45, 2.75) is 25.7 Å². The van der Waals surface area contributed by atoms with Gasteiger partial charge in [0.15, 0.2) is 5.78 Å². The Balaban J connectivity index is 1.99. The van der Waals surface area contributed by atoms with Crippen molar-refractivity contribution in [2.24, 2.45) is 23.2 Å². The highest BCUT2D eigenvalue weighted by Crippen LogP contribution is 2.70. The molecule has 2 nitrogen and oxygen atoms in total. The van der Waals surface area contributed by atoms with Crippen molar-refractivity contribution in [3.8, 4) is 6.07 Å². The van der Waals surface area contributed by atoms with E-state index in [0.29, 0.717) is 24.2 Å². The average molecular weight is 187 g/mol. The summed E-state index contributed by atoms with van der Waals surface area (Å²) >= 11 is 0. The number of allylic oxidation sites excluding steroid dienone is 2. The zero-order valence-corrected chi connectivity index (χ0v) is 8.07.